The molecule has 0 aliphatic rings. The quantitative estimate of drug-likeness (QED) is 0.477. The Hall–Kier alpha value is -1.42. The second-order valence-corrected chi connectivity index (χ2v) is 4.44. The van der Waals surface area contributed by atoms with Gasteiger partial charge in [0.15, 0.2) is 12.4 Å². The summed E-state index contributed by atoms with van der Waals surface area (Å²) in [5.41, 5.74) is 0.868. The van der Waals surface area contributed by atoms with Crippen LogP contribution in [0.15, 0.2) is 41.4 Å². The van der Waals surface area contributed by atoms with Gasteiger partial charge in [0.05, 0.1) is 0 Å². The van der Waals surface area contributed by atoms with E-state index in [1.54, 1.807) is 6.08 Å². The highest BCUT2D eigenvalue weighted by Gasteiger charge is 2.22. The van der Waals surface area contributed by atoms with Gasteiger partial charge in [-0.05, 0) is 17.7 Å². The third-order valence-corrected chi connectivity index (χ3v) is 2.77. The van der Waals surface area contributed by atoms with E-state index in [-0.39, 0.29) is 5.92 Å². The zero-order valence-electron chi connectivity index (χ0n) is 9.43. The lowest BCUT2D eigenvalue weighted by atomic mass is 9.94. The number of rotatable bonds is 5. The predicted molar refractivity (Wildman–Crippen MR) is 68.7 cm³/mol. The molecule has 90 valence electrons. The van der Waals surface area contributed by atoms with Gasteiger partial charge in [-0.15, -0.1) is 6.58 Å². The van der Waals surface area contributed by atoms with E-state index in [1.807, 2.05) is 24.3 Å². The van der Waals surface area contributed by atoms with Gasteiger partial charge in [0, 0.05) is 17.3 Å². The molecular formula is C13H13BrO3. The van der Waals surface area contributed by atoms with Crippen LogP contribution in [0.5, 0.6) is 0 Å². The van der Waals surface area contributed by atoms with Crippen LogP contribution in [0.25, 0.3) is 0 Å². The molecule has 0 saturated carbocycles. The number of carbonyl (C=O) groups excluding carboxylic acids is 2. The molecule has 0 aliphatic carbocycles. The second kappa shape index (κ2) is 6.35. The summed E-state index contributed by atoms with van der Waals surface area (Å²) in [5, 5.41) is 0. The summed E-state index contributed by atoms with van der Waals surface area (Å²) in [5.74, 6) is -0.821. The standard InChI is InChI=1S/C13H13BrO3/c1-3-12(13(8-15)17-9(2)16)10-5-4-6-11(14)7-10/h3-8,12-13H,1H2,2H3/t12-,13+/m1/s1. The van der Waals surface area contributed by atoms with Gasteiger partial charge in [0.1, 0.15) is 0 Å². The molecule has 0 spiro atoms. The van der Waals surface area contributed by atoms with Crippen LogP contribution >= 0.6 is 15.9 Å². The molecule has 0 aromatic heterocycles. The van der Waals surface area contributed by atoms with Crippen molar-refractivity contribution in [2.45, 2.75) is 18.9 Å². The first kappa shape index (κ1) is 13.6. The van der Waals surface area contributed by atoms with E-state index in [2.05, 4.69) is 22.5 Å². The lowest BCUT2D eigenvalue weighted by Crippen LogP contribution is -2.24. The first-order valence-electron chi connectivity index (χ1n) is 5.09. The van der Waals surface area contributed by atoms with Crippen molar-refractivity contribution in [1.82, 2.24) is 0 Å². The van der Waals surface area contributed by atoms with Gasteiger partial charge in [-0.3, -0.25) is 9.59 Å². The van der Waals surface area contributed by atoms with Crippen molar-refractivity contribution in [3.05, 3.63) is 47.0 Å². The topological polar surface area (TPSA) is 43.4 Å². The van der Waals surface area contributed by atoms with Crippen LogP contribution in [-0.2, 0) is 14.3 Å². The summed E-state index contributed by atoms with van der Waals surface area (Å²) in [6, 6.07) is 7.46. The number of aldehydes is 1. The lowest BCUT2D eigenvalue weighted by Gasteiger charge is -2.19. The normalized spacial score (nSPS) is 13.5. The van der Waals surface area contributed by atoms with E-state index in [1.165, 1.54) is 6.92 Å². The van der Waals surface area contributed by atoms with Crippen LogP contribution in [0.3, 0.4) is 0 Å². The average Bonchev–Trinajstić information content (AvgIpc) is 2.28. The average molecular weight is 297 g/mol. The second-order valence-electron chi connectivity index (χ2n) is 3.53. The Balaban J connectivity index is 3.00. The van der Waals surface area contributed by atoms with Crippen LogP contribution in [0.1, 0.15) is 18.4 Å². The Bertz CT molecular complexity index is 428. The molecule has 0 bridgehead atoms. The minimum absolute atomic E-state index is 0.339. The fourth-order valence-electron chi connectivity index (χ4n) is 1.55. The maximum absolute atomic E-state index is 11.0. The summed E-state index contributed by atoms with van der Waals surface area (Å²) in [4.78, 5) is 21.9. The Labute approximate surface area is 109 Å². The molecule has 2 atom stereocenters. The minimum atomic E-state index is -0.834. The maximum atomic E-state index is 11.0. The molecule has 1 rings (SSSR count). The molecule has 0 amide bonds. The molecule has 0 aliphatic heterocycles. The van der Waals surface area contributed by atoms with Crippen LogP contribution in [0.2, 0.25) is 0 Å². The molecule has 1 aromatic carbocycles. The Morgan fingerprint density at radius 1 is 1.53 bits per heavy atom. The molecule has 1 aromatic rings. The van der Waals surface area contributed by atoms with Crippen molar-refractivity contribution in [2.24, 2.45) is 0 Å². The summed E-state index contributed by atoms with van der Waals surface area (Å²) in [7, 11) is 0. The van der Waals surface area contributed by atoms with Crippen molar-refractivity contribution in [3.8, 4) is 0 Å². The largest absolute Gasteiger partial charge is 0.454 e. The molecular weight excluding hydrogens is 284 g/mol. The number of benzene rings is 1. The Morgan fingerprint density at radius 3 is 2.71 bits per heavy atom. The van der Waals surface area contributed by atoms with Gasteiger partial charge in [-0.2, -0.15) is 0 Å². The number of hydrogen-bond donors (Lipinski definition) is 0. The molecule has 17 heavy (non-hydrogen) atoms. The highest BCUT2D eigenvalue weighted by molar-refractivity contribution is 9.10. The zero-order valence-corrected chi connectivity index (χ0v) is 11.0. The van der Waals surface area contributed by atoms with Crippen LogP contribution in [-0.4, -0.2) is 18.4 Å². The van der Waals surface area contributed by atoms with Crippen molar-refractivity contribution < 1.29 is 14.3 Å². The van der Waals surface area contributed by atoms with Crippen molar-refractivity contribution in [1.29, 1.82) is 0 Å². The molecule has 4 heteroatoms. The number of carbonyl (C=O) groups is 2. The van der Waals surface area contributed by atoms with E-state index >= 15 is 0 Å². The van der Waals surface area contributed by atoms with Crippen molar-refractivity contribution in [2.75, 3.05) is 0 Å². The first-order chi connectivity index (χ1) is 8.08. The highest BCUT2D eigenvalue weighted by Crippen LogP contribution is 2.25. The fraction of sp³-hybridized carbons (Fsp3) is 0.231. The van der Waals surface area contributed by atoms with Gasteiger partial charge >= 0.3 is 5.97 Å². The molecule has 0 heterocycles. The number of ether oxygens (including phenoxy) is 1. The smallest absolute Gasteiger partial charge is 0.303 e. The summed E-state index contributed by atoms with van der Waals surface area (Å²) < 4.78 is 5.85. The molecule has 0 unspecified atom stereocenters. The summed E-state index contributed by atoms with van der Waals surface area (Å²) in [6.07, 6.45) is 1.39. The van der Waals surface area contributed by atoms with Crippen LogP contribution < -0.4 is 0 Å². The monoisotopic (exact) mass is 296 g/mol. The third kappa shape index (κ3) is 3.82. The SMILES string of the molecule is C=C[C@H](c1cccc(Br)c1)[C@H](C=O)OC(C)=O. The summed E-state index contributed by atoms with van der Waals surface area (Å²) in [6.45, 7) is 4.95. The molecule has 3 nitrogen and oxygen atoms in total. The zero-order chi connectivity index (χ0) is 12.8. The highest BCUT2D eigenvalue weighted by atomic mass is 79.9. The van der Waals surface area contributed by atoms with Gasteiger partial charge < -0.3 is 4.74 Å². The van der Waals surface area contributed by atoms with Crippen LogP contribution in [0, 0.1) is 0 Å². The van der Waals surface area contributed by atoms with Gasteiger partial charge in [0.2, 0.25) is 0 Å². The van der Waals surface area contributed by atoms with Gasteiger partial charge in [-0.1, -0.05) is 34.1 Å². The lowest BCUT2D eigenvalue weighted by molar-refractivity contribution is -0.150. The number of halogens is 1. The van der Waals surface area contributed by atoms with Gasteiger partial charge in [0.25, 0.3) is 0 Å². The van der Waals surface area contributed by atoms with E-state index in [0.717, 1.165) is 10.0 Å². The van der Waals surface area contributed by atoms with E-state index < -0.39 is 12.1 Å². The van der Waals surface area contributed by atoms with E-state index in [9.17, 15) is 9.59 Å². The minimum Gasteiger partial charge on any atom is -0.454 e. The molecule has 0 radical (unpaired) electrons. The maximum Gasteiger partial charge on any atom is 0.303 e. The molecule has 0 fully saturated rings. The van der Waals surface area contributed by atoms with Crippen LogP contribution in [0.4, 0.5) is 0 Å². The number of hydrogen-bond acceptors (Lipinski definition) is 3. The van der Waals surface area contributed by atoms with Gasteiger partial charge in [-0.25, -0.2) is 0 Å². The number of esters is 1. The predicted octanol–water partition coefficient (Wildman–Crippen LogP) is 2.85. The fourth-order valence-corrected chi connectivity index (χ4v) is 1.97. The van der Waals surface area contributed by atoms with E-state index in [4.69, 9.17) is 4.74 Å². The molecule has 0 N–H and O–H groups in total. The van der Waals surface area contributed by atoms with E-state index in [0.29, 0.717) is 6.29 Å². The Kier molecular flexibility index (Phi) is 5.10. The first-order valence-corrected chi connectivity index (χ1v) is 5.88. The van der Waals surface area contributed by atoms with Crippen molar-refractivity contribution in [3.63, 3.8) is 0 Å². The summed E-state index contributed by atoms with van der Waals surface area (Å²) >= 11 is 3.35. The Morgan fingerprint density at radius 2 is 2.24 bits per heavy atom. The third-order valence-electron chi connectivity index (χ3n) is 2.28. The van der Waals surface area contributed by atoms with Crippen molar-refractivity contribution >= 4 is 28.2 Å². The molecule has 0 saturated heterocycles.